The lowest BCUT2D eigenvalue weighted by Crippen LogP contribution is -2.04. The van der Waals surface area contributed by atoms with Crippen LogP contribution in [0.2, 0.25) is 10.0 Å². The number of pyridine rings is 1. The molecule has 3 rings (SSSR count). The van der Waals surface area contributed by atoms with Crippen molar-refractivity contribution in [1.82, 2.24) is 14.8 Å². The lowest BCUT2D eigenvalue weighted by atomic mass is 10.2. The molecule has 0 saturated heterocycles. The van der Waals surface area contributed by atoms with Gasteiger partial charge in [-0.25, -0.2) is 14.7 Å². The number of nitriles is 1. The normalized spacial score (nSPS) is 11.7. The Kier molecular flexibility index (Phi) is 5.49. The Hall–Kier alpha value is -3.54. The van der Waals surface area contributed by atoms with Gasteiger partial charge in [0.05, 0.1) is 38.9 Å². The highest BCUT2D eigenvalue weighted by Gasteiger charge is 2.15. The van der Waals surface area contributed by atoms with Crippen molar-refractivity contribution in [1.29, 1.82) is 5.26 Å². The lowest BCUT2D eigenvalue weighted by molar-refractivity contribution is 0.896. The molecule has 2 heterocycles. The van der Waals surface area contributed by atoms with Gasteiger partial charge in [-0.3, -0.25) is 0 Å². The molecular formula is C18H14Cl2N8. The Balaban J connectivity index is 2.10. The largest absolute Gasteiger partial charge is 0.399 e. The average Bonchev–Trinajstić information content (AvgIpc) is 3.05. The summed E-state index contributed by atoms with van der Waals surface area (Å²) < 4.78 is 1.53. The Morgan fingerprint density at radius 3 is 2.68 bits per heavy atom. The number of nitrogens with zero attached hydrogens (tertiary/aromatic N) is 5. The molecule has 28 heavy (non-hydrogen) atoms. The maximum absolute atomic E-state index is 9.04. The summed E-state index contributed by atoms with van der Waals surface area (Å²) in [6.07, 6.45) is 5.94. The second-order valence-electron chi connectivity index (χ2n) is 5.57. The quantitative estimate of drug-likeness (QED) is 0.334. The van der Waals surface area contributed by atoms with Crippen LogP contribution in [0.4, 0.5) is 5.82 Å². The summed E-state index contributed by atoms with van der Waals surface area (Å²) in [4.78, 5) is 8.32. The minimum atomic E-state index is 0.298. The summed E-state index contributed by atoms with van der Waals surface area (Å²) in [6.45, 7) is 3.62. The van der Waals surface area contributed by atoms with Gasteiger partial charge in [-0.05, 0) is 18.2 Å². The molecule has 5 N–H and O–H groups in total. The van der Waals surface area contributed by atoms with Crippen LogP contribution in [0, 0.1) is 11.3 Å². The predicted octanol–water partition coefficient (Wildman–Crippen LogP) is 3.31. The van der Waals surface area contributed by atoms with E-state index in [4.69, 9.17) is 39.9 Å². The van der Waals surface area contributed by atoms with Crippen LogP contribution in [-0.2, 0) is 0 Å². The van der Waals surface area contributed by atoms with Gasteiger partial charge in [0, 0.05) is 24.2 Å². The van der Waals surface area contributed by atoms with Crippen molar-refractivity contribution in [2.75, 3.05) is 5.32 Å². The number of anilines is 1. The number of aromatic nitrogens is 3. The molecule has 0 spiro atoms. The zero-order valence-corrected chi connectivity index (χ0v) is 15.9. The van der Waals surface area contributed by atoms with E-state index >= 15 is 0 Å². The molecule has 0 radical (unpaired) electrons. The maximum atomic E-state index is 9.04. The number of allylic oxidation sites excluding steroid dienone is 1. The third kappa shape index (κ3) is 3.91. The van der Waals surface area contributed by atoms with Crippen LogP contribution in [0.5, 0.6) is 0 Å². The predicted molar refractivity (Wildman–Crippen MR) is 111 cm³/mol. The van der Waals surface area contributed by atoms with E-state index in [0.717, 1.165) is 6.34 Å². The van der Waals surface area contributed by atoms with Gasteiger partial charge in [0.25, 0.3) is 0 Å². The highest BCUT2D eigenvalue weighted by molar-refractivity contribution is 6.38. The molecular weight excluding hydrogens is 399 g/mol. The number of hydrogen-bond donors (Lipinski definition) is 3. The van der Waals surface area contributed by atoms with Crippen molar-refractivity contribution >= 4 is 46.3 Å². The van der Waals surface area contributed by atoms with Crippen molar-refractivity contribution in [2.45, 2.75) is 0 Å². The first kappa shape index (κ1) is 19.2. The van der Waals surface area contributed by atoms with E-state index in [1.165, 1.54) is 22.9 Å². The minimum absolute atomic E-state index is 0.298. The van der Waals surface area contributed by atoms with E-state index in [9.17, 15) is 0 Å². The fourth-order valence-electron chi connectivity index (χ4n) is 2.49. The fourth-order valence-corrected chi connectivity index (χ4v) is 3.15. The monoisotopic (exact) mass is 412 g/mol. The third-order valence-electron chi connectivity index (χ3n) is 3.59. The van der Waals surface area contributed by atoms with Crippen LogP contribution >= 0.6 is 23.2 Å². The molecule has 1 aromatic carbocycles. The molecule has 3 aromatic rings. The standard InChI is InChI=1S/C18H14Cl2N8/c1-10(23)4-16(25-9-22)26-18-12-8-28(27-15(12)2-3-24-18)17-13(19)5-11(7-21)6-14(17)20/h2-6,8-9H,1,23H2,(H2,22,25)(H,24,26)/b16-4+. The number of rotatable bonds is 5. The van der Waals surface area contributed by atoms with E-state index in [1.807, 2.05) is 6.07 Å². The maximum Gasteiger partial charge on any atom is 0.142 e. The van der Waals surface area contributed by atoms with Gasteiger partial charge in [-0.2, -0.15) is 10.4 Å². The van der Waals surface area contributed by atoms with E-state index < -0.39 is 0 Å². The smallest absolute Gasteiger partial charge is 0.142 e. The summed E-state index contributed by atoms with van der Waals surface area (Å²) in [6, 6.07) is 6.79. The number of hydrogen-bond acceptors (Lipinski definition) is 6. The molecule has 0 unspecified atom stereocenters. The topological polar surface area (TPSA) is 131 Å². The van der Waals surface area contributed by atoms with E-state index in [0.29, 0.717) is 49.5 Å². The third-order valence-corrected chi connectivity index (χ3v) is 4.17. The Labute approximate surface area is 170 Å². The summed E-state index contributed by atoms with van der Waals surface area (Å²) in [7, 11) is 0. The summed E-state index contributed by atoms with van der Waals surface area (Å²) >= 11 is 12.6. The van der Waals surface area contributed by atoms with Crippen LogP contribution < -0.4 is 16.8 Å². The highest BCUT2D eigenvalue weighted by atomic mass is 35.5. The fraction of sp³-hybridized carbons (Fsp3) is 0. The van der Waals surface area contributed by atoms with Gasteiger partial charge in [-0.15, -0.1) is 0 Å². The second kappa shape index (κ2) is 8.00. The van der Waals surface area contributed by atoms with Crippen LogP contribution in [0.1, 0.15) is 5.56 Å². The first-order valence-corrected chi connectivity index (χ1v) is 8.59. The van der Waals surface area contributed by atoms with E-state index in [-0.39, 0.29) is 0 Å². The molecule has 0 aliphatic carbocycles. The summed E-state index contributed by atoms with van der Waals surface area (Å²) in [5.74, 6) is 0.833. The number of aliphatic imine (C=N–C) groups is 1. The van der Waals surface area contributed by atoms with Gasteiger partial charge in [0.1, 0.15) is 17.3 Å². The van der Waals surface area contributed by atoms with Crippen LogP contribution in [-0.4, -0.2) is 21.1 Å². The van der Waals surface area contributed by atoms with Crippen LogP contribution in [0.15, 0.2) is 59.8 Å². The zero-order chi connectivity index (χ0) is 20.3. The minimum Gasteiger partial charge on any atom is -0.399 e. The number of benzene rings is 1. The van der Waals surface area contributed by atoms with Gasteiger partial charge >= 0.3 is 0 Å². The van der Waals surface area contributed by atoms with Gasteiger partial charge in [0.15, 0.2) is 0 Å². The van der Waals surface area contributed by atoms with Crippen molar-refractivity contribution < 1.29 is 0 Å². The van der Waals surface area contributed by atoms with Crippen molar-refractivity contribution in [2.24, 2.45) is 16.5 Å². The first-order chi connectivity index (χ1) is 13.4. The molecule has 0 aliphatic rings. The molecule has 2 aromatic heterocycles. The van der Waals surface area contributed by atoms with Crippen molar-refractivity contribution in [3.8, 4) is 11.8 Å². The van der Waals surface area contributed by atoms with Gasteiger partial charge in [-0.1, -0.05) is 29.8 Å². The number of halogens is 2. The van der Waals surface area contributed by atoms with Gasteiger partial charge in [0.2, 0.25) is 0 Å². The zero-order valence-electron chi connectivity index (χ0n) is 14.4. The molecule has 0 saturated carbocycles. The first-order valence-electron chi connectivity index (χ1n) is 7.84. The Morgan fingerprint density at radius 1 is 1.36 bits per heavy atom. The average molecular weight is 413 g/mol. The molecule has 8 nitrogen and oxygen atoms in total. The molecule has 0 aliphatic heterocycles. The SMILES string of the molecule is C=C(N)/C=C(\N=CN)Nc1nccc2nn(-c3c(Cl)cc(C#N)cc3Cl)cc12. The molecule has 140 valence electrons. The molecule has 0 atom stereocenters. The molecule has 0 amide bonds. The molecule has 0 bridgehead atoms. The summed E-state index contributed by atoms with van der Waals surface area (Å²) in [5, 5.41) is 17.8. The Morgan fingerprint density at radius 2 is 2.07 bits per heavy atom. The van der Waals surface area contributed by atoms with Gasteiger partial charge < -0.3 is 16.8 Å². The lowest BCUT2D eigenvalue weighted by Gasteiger charge is -2.07. The van der Waals surface area contributed by atoms with E-state index in [1.54, 1.807) is 18.5 Å². The van der Waals surface area contributed by atoms with E-state index in [2.05, 4.69) is 27.0 Å². The second-order valence-corrected chi connectivity index (χ2v) is 6.39. The summed E-state index contributed by atoms with van der Waals surface area (Å²) in [5.41, 5.74) is 12.7. The highest BCUT2D eigenvalue weighted by Crippen LogP contribution is 2.32. The van der Waals surface area contributed by atoms with Crippen LogP contribution in [0.3, 0.4) is 0 Å². The van der Waals surface area contributed by atoms with Crippen LogP contribution in [0.25, 0.3) is 16.6 Å². The number of nitrogens with one attached hydrogen (secondary N) is 1. The number of fused-ring (bicyclic) bond motifs is 1. The van der Waals surface area contributed by atoms with Crippen molar-refractivity contribution in [3.05, 3.63) is 70.4 Å². The molecule has 0 fully saturated rings. The Bertz CT molecular complexity index is 1150. The molecule has 10 heteroatoms. The van der Waals surface area contributed by atoms with Crippen molar-refractivity contribution in [3.63, 3.8) is 0 Å². The number of nitrogens with two attached hydrogens (primary N) is 2.